The SMILES string of the molecule is CC[C@@H]1[C@H](F)C(=O)N[C@@H]1COc1ncc(C#CC2CCC(CN(C)CCCOCCCN)CC2)c2cc(C(N)=O)c(OC)cc12. The molecule has 2 amide bonds. The molecule has 0 spiro atoms. The Morgan fingerprint density at radius 2 is 1.93 bits per heavy atom. The highest BCUT2D eigenvalue weighted by atomic mass is 19.1. The summed E-state index contributed by atoms with van der Waals surface area (Å²) in [6, 6.07) is 2.85. The fraction of sp³-hybridized carbons (Fsp3) is 0.618. The van der Waals surface area contributed by atoms with E-state index in [1.807, 2.05) is 6.92 Å². The molecule has 1 aromatic heterocycles. The fourth-order valence-electron chi connectivity index (χ4n) is 6.34. The molecule has 0 bridgehead atoms. The summed E-state index contributed by atoms with van der Waals surface area (Å²) in [5, 5.41) is 3.94. The number of primary amides is 1. The monoisotopic (exact) mass is 625 g/mol. The molecule has 1 aliphatic carbocycles. The highest BCUT2D eigenvalue weighted by molar-refractivity contribution is 6.03. The molecule has 1 saturated carbocycles. The van der Waals surface area contributed by atoms with Crippen LogP contribution in [0.15, 0.2) is 18.3 Å². The molecule has 0 unspecified atom stereocenters. The van der Waals surface area contributed by atoms with Crippen LogP contribution < -0.4 is 26.3 Å². The van der Waals surface area contributed by atoms with Gasteiger partial charge < -0.3 is 35.9 Å². The number of hydrogen-bond acceptors (Lipinski definition) is 8. The van der Waals surface area contributed by atoms with E-state index in [2.05, 4.69) is 34.1 Å². The van der Waals surface area contributed by atoms with Gasteiger partial charge in [-0.05, 0) is 76.6 Å². The van der Waals surface area contributed by atoms with Crippen molar-refractivity contribution in [1.82, 2.24) is 15.2 Å². The number of amides is 2. The van der Waals surface area contributed by atoms with Crippen LogP contribution in [0.1, 0.15) is 67.8 Å². The maximum Gasteiger partial charge on any atom is 0.255 e. The molecule has 45 heavy (non-hydrogen) atoms. The van der Waals surface area contributed by atoms with Gasteiger partial charge in [0.2, 0.25) is 5.88 Å². The second-order valence-electron chi connectivity index (χ2n) is 12.2. The first-order valence-electron chi connectivity index (χ1n) is 16.1. The molecule has 3 atom stereocenters. The van der Waals surface area contributed by atoms with Crippen molar-refractivity contribution >= 4 is 22.6 Å². The summed E-state index contributed by atoms with van der Waals surface area (Å²) in [4.78, 5) is 31.1. The number of rotatable bonds is 15. The van der Waals surface area contributed by atoms with Gasteiger partial charge >= 0.3 is 0 Å². The van der Waals surface area contributed by atoms with Gasteiger partial charge in [-0.3, -0.25) is 9.59 Å². The Labute approximate surface area is 265 Å². The predicted octanol–water partition coefficient (Wildman–Crippen LogP) is 3.43. The Balaban J connectivity index is 1.43. The van der Waals surface area contributed by atoms with Gasteiger partial charge in [-0.2, -0.15) is 0 Å². The van der Waals surface area contributed by atoms with Crippen LogP contribution in [-0.2, 0) is 9.53 Å². The molecule has 1 saturated heterocycles. The third kappa shape index (κ3) is 9.06. The largest absolute Gasteiger partial charge is 0.496 e. The van der Waals surface area contributed by atoms with Crippen molar-refractivity contribution in [2.45, 2.75) is 64.1 Å². The number of methoxy groups -OCH3 is 1. The number of carbonyl (C=O) groups is 2. The Morgan fingerprint density at radius 3 is 2.62 bits per heavy atom. The Morgan fingerprint density at radius 1 is 1.18 bits per heavy atom. The van der Waals surface area contributed by atoms with E-state index >= 15 is 0 Å². The van der Waals surface area contributed by atoms with E-state index in [0.29, 0.717) is 41.0 Å². The summed E-state index contributed by atoms with van der Waals surface area (Å²) in [6.45, 7) is 6.17. The summed E-state index contributed by atoms with van der Waals surface area (Å²) in [5.74, 6) is 6.55. The van der Waals surface area contributed by atoms with Gasteiger partial charge in [0.25, 0.3) is 11.8 Å². The van der Waals surface area contributed by atoms with E-state index < -0.39 is 29.9 Å². The van der Waals surface area contributed by atoms with Crippen LogP contribution in [0, 0.1) is 29.6 Å². The van der Waals surface area contributed by atoms with Gasteiger partial charge in [-0.1, -0.05) is 18.8 Å². The van der Waals surface area contributed by atoms with Crippen LogP contribution in [0.3, 0.4) is 0 Å². The van der Waals surface area contributed by atoms with Gasteiger partial charge in [0.05, 0.1) is 24.3 Å². The maximum atomic E-state index is 14.3. The van der Waals surface area contributed by atoms with Crippen molar-refractivity contribution in [1.29, 1.82) is 0 Å². The molecule has 2 heterocycles. The molecule has 1 aromatic carbocycles. The Hall–Kier alpha value is -3.46. The second kappa shape index (κ2) is 16.7. The average molecular weight is 626 g/mol. The topological polar surface area (TPSA) is 142 Å². The van der Waals surface area contributed by atoms with Gasteiger partial charge in [-0.15, -0.1) is 0 Å². The summed E-state index contributed by atoms with van der Waals surface area (Å²) in [5.41, 5.74) is 12.1. The first kappa shape index (κ1) is 34.4. The van der Waals surface area contributed by atoms with Gasteiger partial charge in [0, 0.05) is 55.1 Å². The van der Waals surface area contributed by atoms with Crippen molar-refractivity contribution in [3.8, 4) is 23.5 Å². The van der Waals surface area contributed by atoms with E-state index in [9.17, 15) is 14.0 Å². The third-order valence-electron chi connectivity index (χ3n) is 8.93. The minimum Gasteiger partial charge on any atom is -0.496 e. The number of benzene rings is 1. The maximum absolute atomic E-state index is 14.3. The van der Waals surface area contributed by atoms with E-state index in [-0.39, 0.29) is 24.0 Å². The summed E-state index contributed by atoms with van der Waals surface area (Å²) < 4.78 is 31.4. The molecule has 2 aromatic rings. The van der Waals surface area contributed by atoms with Crippen molar-refractivity contribution in [2.24, 2.45) is 29.2 Å². The number of hydrogen-bond donors (Lipinski definition) is 3. The van der Waals surface area contributed by atoms with E-state index in [1.54, 1.807) is 18.3 Å². The average Bonchev–Trinajstić information content (AvgIpc) is 3.32. The van der Waals surface area contributed by atoms with Crippen molar-refractivity contribution in [2.75, 3.05) is 53.6 Å². The number of ether oxygens (including phenoxy) is 3. The molecular formula is C34H48FN5O5. The fourth-order valence-corrected chi connectivity index (χ4v) is 6.34. The van der Waals surface area contributed by atoms with Gasteiger partial charge in [0.1, 0.15) is 12.4 Å². The number of nitrogens with two attached hydrogens (primary N) is 2. The number of fused-ring (bicyclic) bond motifs is 1. The molecule has 4 rings (SSSR count). The first-order valence-corrected chi connectivity index (χ1v) is 16.1. The van der Waals surface area contributed by atoms with Crippen molar-refractivity contribution in [3.05, 3.63) is 29.5 Å². The molecule has 11 heteroatoms. The molecule has 246 valence electrons. The lowest BCUT2D eigenvalue weighted by Crippen LogP contribution is -2.34. The zero-order valence-corrected chi connectivity index (χ0v) is 26.8. The van der Waals surface area contributed by atoms with Crippen LogP contribution in [-0.4, -0.2) is 87.5 Å². The Bertz CT molecular complexity index is 1370. The molecule has 10 nitrogen and oxygen atoms in total. The lowest BCUT2D eigenvalue weighted by Gasteiger charge is -2.29. The highest BCUT2D eigenvalue weighted by Gasteiger charge is 2.41. The van der Waals surface area contributed by atoms with Gasteiger partial charge in [0.15, 0.2) is 6.17 Å². The van der Waals surface area contributed by atoms with Crippen LogP contribution in [0.4, 0.5) is 4.39 Å². The number of nitrogens with one attached hydrogen (secondary N) is 1. The van der Waals surface area contributed by atoms with Crippen LogP contribution >= 0.6 is 0 Å². The number of halogens is 1. The summed E-state index contributed by atoms with van der Waals surface area (Å²) in [7, 11) is 3.64. The molecule has 0 radical (unpaired) electrons. The van der Waals surface area contributed by atoms with E-state index in [0.717, 1.165) is 64.8 Å². The molecule has 2 aliphatic rings. The Kier molecular flexibility index (Phi) is 12.8. The molecular weight excluding hydrogens is 577 g/mol. The predicted molar refractivity (Wildman–Crippen MR) is 172 cm³/mol. The highest BCUT2D eigenvalue weighted by Crippen LogP contribution is 2.34. The summed E-state index contributed by atoms with van der Waals surface area (Å²) >= 11 is 0. The number of pyridine rings is 1. The quantitative estimate of drug-likeness (QED) is 0.202. The molecule has 5 N–H and O–H groups in total. The second-order valence-corrected chi connectivity index (χ2v) is 12.2. The zero-order chi connectivity index (χ0) is 32.3. The molecule has 1 aliphatic heterocycles. The molecule has 2 fully saturated rings. The van der Waals surface area contributed by atoms with Crippen molar-refractivity contribution in [3.63, 3.8) is 0 Å². The standard InChI is InChI=1S/C34H48FN5O5/c1-4-25-29(39-33(42)31(25)35)21-45-34-27-18-30(43-3)28(32(37)41)17-26(27)24(19-38-34)12-11-22-7-9-23(10-8-22)20-40(2)14-6-16-44-15-5-13-36/h17-19,22-23,25,29,31H,4-10,13-16,20-21,36H2,1-3H3,(H2,37,41)(H,39,42)/t22?,23?,25-,29+,31-/m0/s1. The van der Waals surface area contributed by atoms with E-state index in [1.165, 1.54) is 7.11 Å². The van der Waals surface area contributed by atoms with Crippen LogP contribution in [0.2, 0.25) is 0 Å². The lowest BCUT2D eigenvalue weighted by molar-refractivity contribution is -0.123. The smallest absolute Gasteiger partial charge is 0.255 e. The number of aromatic nitrogens is 1. The minimum atomic E-state index is -1.56. The van der Waals surface area contributed by atoms with Crippen LogP contribution in [0.5, 0.6) is 11.6 Å². The lowest BCUT2D eigenvalue weighted by atomic mass is 9.82. The zero-order valence-electron chi connectivity index (χ0n) is 26.8. The minimum absolute atomic E-state index is 0.0542. The first-order chi connectivity index (χ1) is 21.7. The third-order valence-corrected chi connectivity index (χ3v) is 8.93. The number of alkyl halides is 1. The van der Waals surface area contributed by atoms with Gasteiger partial charge in [-0.25, -0.2) is 9.37 Å². The van der Waals surface area contributed by atoms with Crippen molar-refractivity contribution < 1.29 is 28.2 Å². The van der Waals surface area contributed by atoms with E-state index in [4.69, 9.17) is 25.7 Å². The van der Waals surface area contributed by atoms with Crippen LogP contribution in [0.25, 0.3) is 10.8 Å². The normalized spacial score (nSPS) is 23.1. The number of nitrogens with zero attached hydrogens (tertiary/aromatic N) is 2. The summed E-state index contributed by atoms with van der Waals surface area (Å²) in [6.07, 6.45) is 6.80. The number of carbonyl (C=O) groups excluding carboxylic acids is 2.